The van der Waals surface area contributed by atoms with Crippen LogP contribution in [0.5, 0.6) is 0 Å². The van der Waals surface area contributed by atoms with Crippen molar-refractivity contribution >= 4 is 23.6 Å². The molecule has 1 N–H and O–H groups in total. The highest BCUT2D eigenvalue weighted by Crippen LogP contribution is 2.49. The molecule has 3 aliphatic rings. The van der Waals surface area contributed by atoms with Crippen molar-refractivity contribution in [1.29, 1.82) is 0 Å². The summed E-state index contributed by atoms with van der Waals surface area (Å²) in [5, 5.41) is 12.9. The van der Waals surface area contributed by atoms with Gasteiger partial charge in [0.25, 0.3) is 0 Å². The molecule has 3 fully saturated rings. The van der Waals surface area contributed by atoms with E-state index in [0.717, 1.165) is 47.3 Å². The highest BCUT2D eigenvalue weighted by atomic mass is 32.2. The van der Waals surface area contributed by atoms with E-state index < -0.39 is 0 Å². The van der Waals surface area contributed by atoms with Crippen molar-refractivity contribution in [2.45, 2.75) is 62.9 Å². The molecule has 2 saturated carbocycles. The van der Waals surface area contributed by atoms with Crippen LogP contribution in [-0.2, 0) is 9.53 Å². The smallest absolute Gasteiger partial charge is 0.233 e. The van der Waals surface area contributed by atoms with Crippen LogP contribution in [0.3, 0.4) is 0 Å². The van der Waals surface area contributed by atoms with E-state index in [0.29, 0.717) is 19.1 Å². The van der Waals surface area contributed by atoms with E-state index in [2.05, 4.69) is 51.0 Å². The van der Waals surface area contributed by atoms with Gasteiger partial charge in [-0.1, -0.05) is 36.4 Å². The molecule has 1 aliphatic heterocycles. The largest absolute Gasteiger partial charge is 0.378 e. The van der Waals surface area contributed by atoms with Crippen molar-refractivity contribution in [2.75, 3.05) is 31.2 Å². The van der Waals surface area contributed by atoms with Gasteiger partial charge >= 0.3 is 0 Å². The lowest BCUT2D eigenvalue weighted by molar-refractivity contribution is -0.121. The predicted octanol–water partition coefficient (Wildman–Crippen LogP) is 3.83. The number of benzene rings is 1. The number of nitrogens with one attached hydrogen (secondary N) is 1. The fourth-order valence-electron chi connectivity index (χ4n) is 5.90. The van der Waals surface area contributed by atoms with Gasteiger partial charge in [0.1, 0.15) is 0 Å². The number of hydrogen-bond acceptors (Lipinski definition) is 6. The molecule has 1 aromatic carbocycles. The number of amides is 1. The van der Waals surface area contributed by atoms with Gasteiger partial charge in [-0.05, 0) is 69.4 Å². The number of fused-ring (bicyclic) bond motifs is 2. The van der Waals surface area contributed by atoms with Crippen LogP contribution in [0.25, 0.3) is 5.69 Å². The van der Waals surface area contributed by atoms with Gasteiger partial charge in [0.2, 0.25) is 11.9 Å². The number of morpholine rings is 1. The molecular formula is C25H35N5O2S. The number of hydrogen-bond donors (Lipinski definition) is 1. The molecule has 2 aliphatic carbocycles. The van der Waals surface area contributed by atoms with Crippen LogP contribution < -0.4 is 10.2 Å². The number of para-hydroxylation sites is 1. The molecule has 8 heteroatoms. The molecule has 1 amide bonds. The standard InChI is InChI=1S/C25H35N5O2S/c1-16-6-4-5-7-22(16)30-24(29-10-12-32-13-11-29)27-28-25(30)33-18(3)23(31)26-17(2)21-15-19-8-9-20(21)14-19/h4-7,17-21H,8-15H2,1-3H3,(H,26,31)/t17-,18+,19-,20-,21+/m0/s1. The normalized spacial score (nSPS) is 26.4. The number of aromatic nitrogens is 3. The van der Waals surface area contributed by atoms with Crippen molar-refractivity contribution in [3.05, 3.63) is 29.8 Å². The first kappa shape index (κ1) is 22.7. The second kappa shape index (κ2) is 9.66. The average Bonchev–Trinajstić information content (AvgIpc) is 3.56. The maximum Gasteiger partial charge on any atom is 0.233 e. The van der Waals surface area contributed by atoms with Crippen LogP contribution in [0.1, 0.15) is 45.1 Å². The van der Waals surface area contributed by atoms with Crippen LogP contribution in [0.2, 0.25) is 0 Å². The van der Waals surface area contributed by atoms with Crippen LogP contribution in [-0.4, -0.2) is 58.3 Å². The highest BCUT2D eigenvalue weighted by molar-refractivity contribution is 8.00. The summed E-state index contributed by atoms with van der Waals surface area (Å²) in [5.41, 5.74) is 2.20. The third-order valence-corrected chi connectivity index (χ3v) is 8.77. The van der Waals surface area contributed by atoms with Gasteiger partial charge in [-0.2, -0.15) is 0 Å². The number of nitrogens with zero attached hydrogens (tertiary/aromatic N) is 4. The average molecular weight is 470 g/mol. The number of ether oxygens (including phenoxy) is 1. The Hall–Kier alpha value is -2.06. The molecule has 0 radical (unpaired) electrons. The molecule has 2 heterocycles. The molecule has 5 atom stereocenters. The van der Waals surface area contributed by atoms with Gasteiger partial charge in [-0.25, -0.2) is 0 Å². The van der Waals surface area contributed by atoms with Crippen molar-refractivity contribution in [3.8, 4) is 5.69 Å². The molecule has 0 unspecified atom stereocenters. The molecular weight excluding hydrogens is 434 g/mol. The molecule has 2 aromatic rings. The van der Waals surface area contributed by atoms with Gasteiger partial charge in [0.15, 0.2) is 5.16 Å². The Balaban J connectivity index is 1.33. The lowest BCUT2D eigenvalue weighted by atomic mass is 9.84. The number of rotatable bonds is 7. The Labute approximate surface area is 200 Å². The molecule has 178 valence electrons. The summed E-state index contributed by atoms with van der Waals surface area (Å²) in [4.78, 5) is 15.3. The molecule has 0 spiro atoms. The minimum atomic E-state index is -0.254. The summed E-state index contributed by atoms with van der Waals surface area (Å²) >= 11 is 1.49. The number of carbonyl (C=O) groups is 1. The Morgan fingerprint density at radius 2 is 1.94 bits per heavy atom. The Morgan fingerprint density at radius 3 is 2.64 bits per heavy atom. The van der Waals surface area contributed by atoms with Gasteiger partial charge in [-0.15, -0.1) is 10.2 Å². The number of carbonyl (C=O) groups excluding carboxylic acids is 1. The van der Waals surface area contributed by atoms with Crippen LogP contribution in [0, 0.1) is 24.7 Å². The van der Waals surface area contributed by atoms with E-state index in [1.165, 1.54) is 37.4 Å². The predicted molar refractivity (Wildman–Crippen MR) is 131 cm³/mol. The first-order valence-electron chi connectivity index (χ1n) is 12.3. The summed E-state index contributed by atoms with van der Waals surface area (Å²) in [6.07, 6.45) is 5.36. The topological polar surface area (TPSA) is 72.3 Å². The van der Waals surface area contributed by atoms with E-state index in [1.807, 2.05) is 19.1 Å². The maximum absolute atomic E-state index is 13.1. The molecule has 33 heavy (non-hydrogen) atoms. The van der Waals surface area contributed by atoms with E-state index in [1.54, 1.807) is 0 Å². The molecule has 1 saturated heterocycles. The summed E-state index contributed by atoms with van der Waals surface area (Å²) in [6, 6.07) is 8.49. The SMILES string of the molecule is Cc1ccccc1-n1c(S[C@H](C)C(=O)N[C@@H](C)[C@H]2C[C@H]3CC[C@H]2C3)nnc1N1CCOCC1. The second-order valence-electron chi connectivity index (χ2n) is 9.90. The van der Waals surface area contributed by atoms with Gasteiger partial charge < -0.3 is 15.0 Å². The first-order valence-corrected chi connectivity index (χ1v) is 13.2. The van der Waals surface area contributed by atoms with Crippen LogP contribution >= 0.6 is 11.8 Å². The number of thioether (sulfide) groups is 1. The highest BCUT2D eigenvalue weighted by Gasteiger charge is 2.42. The summed E-state index contributed by atoms with van der Waals surface area (Å²) in [5.74, 6) is 3.22. The van der Waals surface area contributed by atoms with Gasteiger partial charge in [0, 0.05) is 19.1 Å². The van der Waals surface area contributed by atoms with E-state index >= 15 is 0 Å². The molecule has 2 bridgehead atoms. The van der Waals surface area contributed by atoms with E-state index in [9.17, 15) is 4.79 Å². The molecule has 7 nitrogen and oxygen atoms in total. The van der Waals surface area contributed by atoms with Crippen molar-refractivity contribution in [2.24, 2.45) is 17.8 Å². The quantitative estimate of drug-likeness (QED) is 0.622. The fourth-order valence-corrected chi connectivity index (χ4v) is 6.76. The second-order valence-corrected chi connectivity index (χ2v) is 11.2. The lowest BCUT2D eigenvalue weighted by Crippen LogP contribution is -2.43. The summed E-state index contributed by atoms with van der Waals surface area (Å²) in [7, 11) is 0. The monoisotopic (exact) mass is 469 g/mol. The minimum Gasteiger partial charge on any atom is -0.378 e. The summed E-state index contributed by atoms with van der Waals surface area (Å²) in [6.45, 7) is 9.19. The maximum atomic E-state index is 13.1. The Bertz CT molecular complexity index is 989. The Morgan fingerprint density at radius 1 is 1.15 bits per heavy atom. The van der Waals surface area contributed by atoms with Crippen molar-refractivity contribution < 1.29 is 9.53 Å². The zero-order valence-electron chi connectivity index (χ0n) is 19.9. The minimum absolute atomic E-state index is 0.0857. The first-order chi connectivity index (χ1) is 16.0. The van der Waals surface area contributed by atoms with Crippen molar-refractivity contribution in [3.63, 3.8) is 0 Å². The van der Waals surface area contributed by atoms with Gasteiger partial charge in [-0.3, -0.25) is 9.36 Å². The zero-order chi connectivity index (χ0) is 22.9. The molecule has 5 rings (SSSR count). The van der Waals surface area contributed by atoms with E-state index in [-0.39, 0.29) is 17.2 Å². The zero-order valence-corrected chi connectivity index (χ0v) is 20.7. The van der Waals surface area contributed by atoms with Crippen LogP contribution in [0.4, 0.5) is 5.95 Å². The van der Waals surface area contributed by atoms with Gasteiger partial charge in [0.05, 0.1) is 24.2 Å². The van der Waals surface area contributed by atoms with Crippen LogP contribution in [0.15, 0.2) is 29.4 Å². The van der Waals surface area contributed by atoms with Crippen molar-refractivity contribution in [1.82, 2.24) is 20.1 Å². The fraction of sp³-hybridized carbons (Fsp3) is 0.640. The Kier molecular flexibility index (Phi) is 6.65. The number of aryl methyl sites for hydroxylation is 1. The van der Waals surface area contributed by atoms with E-state index in [4.69, 9.17) is 4.74 Å². The summed E-state index contributed by atoms with van der Waals surface area (Å²) < 4.78 is 7.64. The molecule has 1 aromatic heterocycles. The third-order valence-electron chi connectivity index (χ3n) is 7.72. The number of anilines is 1. The lowest BCUT2D eigenvalue weighted by Gasteiger charge is -2.29. The third kappa shape index (κ3) is 4.64.